The van der Waals surface area contributed by atoms with Crippen molar-refractivity contribution in [3.8, 4) is 11.5 Å². The van der Waals surface area contributed by atoms with Gasteiger partial charge in [0.1, 0.15) is 6.04 Å². The first-order chi connectivity index (χ1) is 13.2. The lowest BCUT2D eigenvalue weighted by Gasteiger charge is -2.17. The van der Waals surface area contributed by atoms with Crippen LogP contribution in [0, 0.1) is 0 Å². The molecule has 2 aromatic heterocycles. The minimum Gasteiger partial charge on any atom is -0.493 e. The Bertz CT molecular complexity index is 816. The number of hydrogen-bond acceptors (Lipinski definition) is 5. The predicted octanol–water partition coefficient (Wildman–Crippen LogP) is 3.05. The standard InChI is InChI=1S/C19H22N4O3S/c1-25-16-7-6-14(11-17(16)26-2)12-20-19(24)21-13-15(18-5-3-10-27-18)23-9-4-8-22-23/h3-11,15H,12-13H2,1-2H3,(H2,20,21,24)/t15-/m1/s1. The minimum atomic E-state index is -0.238. The van der Waals surface area contributed by atoms with Crippen LogP contribution in [-0.2, 0) is 6.54 Å². The molecule has 0 aliphatic carbocycles. The van der Waals surface area contributed by atoms with Crippen molar-refractivity contribution in [3.05, 3.63) is 64.6 Å². The number of rotatable bonds is 8. The van der Waals surface area contributed by atoms with E-state index < -0.39 is 0 Å². The lowest BCUT2D eigenvalue weighted by molar-refractivity contribution is 0.239. The molecule has 2 heterocycles. The number of urea groups is 1. The Morgan fingerprint density at radius 3 is 2.70 bits per heavy atom. The predicted molar refractivity (Wildman–Crippen MR) is 104 cm³/mol. The molecule has 2 amide bonds. The fourth-order valence-corrected chi connectivity index (χ4v) is 3.51. The van der Waals surface area contributed by atoms with Crippen LogP contribution in [0.1, 0.15) is 16.5 Å². The Morgan fingerprint density at radius 2 is 2.04 bits per heavy atom. The van der Waals surface area contributed by atoms with Crippen LogP contribution < -0.4 is 20.1 Å². The molecule has 2 N–H and O–H groups in total. The van der Waals surface area contributed by atoms with Gasteiger partial charge in [-0.2, -0.15) is 5.10 Å². The number of nitrogens with one attached hydrogen (secondary N) is 2. The first-order valence-corrected chi connectivity index (χ1v) is 9.34. The molecule has 3 aromatic rings. The second-order valence-electron chi connectivity index (χ2n) is 5.77. The van der Waals surface area contributed by atoms with Crippen molar-refractivity contribution in [2.75, 3.05) is 20.8 Å². The Kier molecular flexibility index (Phi) is 6.32. The highest BCUT2D eigenvalue weighted by molar-refractivity contribution is 7.10. The second kappa shape index (κ2) is 9.09. The zero-order chi connectivity index (χ0) is 19.1. The van der Waals surface area contributed by atoms with Gasteiger partial charge in [-0.25, -0.2) is 4.79 Å². The van der Waals surface area contributed by atoms with Crippen LogP contribution >= 0.6 is 11.3 Å². The highest BCUT2D eigenvalue weighted by atomic mass is 32.1. The molecule has 0 unspecified atom stereocenters. The zero-order valence-electron chi connectivity index (χ0n) is 15.2. The van der Waals surface area contributed by atoms with Crippen LogP contribution in [0.4, 0.5) is 4.79 Å². The number of carbonyl (C=O) groups excluding carboxylic acids is 1. The van der Waals surface area contributed by atoms with E-state index in [1.807, 2.05) is 52.7 Å². The maximum Gasteiger partial charge on any atom is 0.315 e. The summed E-state index contributed by atoms with van der Waals surface area (Å²) in [6, 6.07) is 11.2. The van der Waals surface area contributed by atoms with Crippen molar-refractivity contribution >= 4 is 17.4 Å². The van der Waals surface area contributed by atoms with E-state index in [0.29, 0.717) is 24.6 Å². The number of thiophene rings is 1. The van der Waals surface area contributed by atoms with E-state index >= 15 is 0 Å². The third-order valence-corrected chi connectivity index (χ3v) is 5.05. The monoisotopic (exact) mass is 386 g/mol. The molecule has 0 fully saturated rings. The third kappa shape index (κ3) is 4.79. The summed E-state index contributed by atoms with van der Waals surface area (Å²) in [7, 11) is 3.18. The van der Waals surface area contributed by atoms with E-state index in [9.17, 15) is 4.79 Å². The molecular weight excluding hydrogens is 364 g/mol. The lowest BCUT2D eigenvalue weighted by Crippen LogP contribution is -2.38. The molecule has 0 bridgehead atoms. The molecule has 27 heavy (non-hydrogen) atoms. The number of hydrogen-bond donors (Lipinski definition) is 2. The largest absolute Gasteiger partial charge is 0.493 e. The van der Waals surface area contributed by atoms with Gasteiger partial charge < -0.3 is 20.1 Å². The fourth-order valence-electron chi connectivity index (χ4n) is 2.70. The summed E-state index contributed by atoms with van der Waals surface area (Å²) in [5.74, 6) is 1.29. The van der Waals surface area contributed by atoms with Gasteiger partial charge in [0.15, 0.2) is 11.5 Å². The molecule has 8 heteroatoms. The van der Waals surface area contributed by atoms with E-state index in [2.05, 4.69) is 15.7 Å². The van der Waals surface area contributed by atoms with Gasteiger partial charge in [0, 0.05) is 30.4 Å². The van der Waals surface area contributed by atoms with E-state index in [0.717, 1.165) is 10.4 Å². The van der Waals surface area contributed by atoms with Gasteiger partial charge in [0.2, 0.25) is 0 Å². The average molecular weight is 386 g/mol. The first-order valence-electron chi connectivity index (χ1n) is 8.46. The van der Waals surface area contributed by atoms with Crippen molar-refractivity contribution < 1.29 is 14.3 Å². The van der Waals surface area contributed by atoms with Crippen molar-refractivity contribution in [1.29, 1.82) is 0 Å². The number of aromatic nitrogens is 2. The summed E-state index contributed by atoms with van der Waals surface area (Å²) in [5.41, 5.74) is 0.921. The smallest absolute Gasteiger partial charge is 0.315 e. The van der Waals surface area contributed by atoms with Crippen LogP contribution in [-0.4, -0.2) is 36.6 Å². The van der Waals surface area contributed by atoms with E-state index in [1.165, 1.54) is 0 Å². The molecule has 0 radical (unpaired) electrons. The van der Waals surface area contributed by atoms with Crippen LogP contribution in [0.25, 0.3) is 0 Å². The van der Waals surface area contributed by atoms with E-state index in [1.54, 1.807) is 31.8 Å². The normalized spacial score (nSPS) is 11.6. The van der Waals surface area contributed by atoms with Gasteiger partial charge in [-0.1, -0.05) is 12.1 Å². The van der Waals surface area contributed by atoms with Crippen LogP contribution in [0.5, 0.6) is 11.5 Å². The molecule has 0 saturated carbocycles. The average Bonchev–Trinajstić information content (AvgIpc) is 3.41. The molecular formula is C19H22N4O3S. The van der Waals surface area contributed by atoms with Crippen molar-refractivity contribution in [3.63, 3.8) is 0 Å². The Morgan fingerprint density at radius 1 is 1.19 bits per heavy atom. The third-order valence-electron chi connectivity index (χ3n) is 4.07. The van der Waals surface area contributed by atoms with Crippen molar-refractivity contribution in [2.45, 2.75) is 12.6 Å². The summed E-state index contributed by atoms with van der Waals surface area (Å²) in [6.45, 7) is 0.831. The topological polar surface area (TPSA) is 77.4 Å². The van der Waals surface area contributed by atoms with E-state index in [-0.39, 0.29) is 12.1 Å². The zero-order valence-corrected chi connectivity index (χ0v) is 16.0. The molecule has 0 aliphatic rings. The Labute approximate surface area is 161 Å². The number of carbonyl (C=O) groups is 1. The highest BCUT2D eigenvalue weighted by Gasteiger charge is 2.16. The van der Waals surface area contributed by atoms with Gasteiger partial charge in [-0.15, -0.1) is 11.3 Å². The quantitative estimate of drug-likeness (QED) is 0.624. The van der Waals surface area contributed by atoms with Crippen LogP contribution in [0.3, 0.4) is 0 Å². The van der Waals surface area contributed by atoms with Gasteiger partial charge in [0.05, 0.1) is 14.2 Å². The van der Waals surface area contributed by atoms with Gasteiger partial charge >= 0.3 is 6.03 Å². The second-order valence-corrected chi connectivity index (χ2v) is 6.75. The van der Waals surface area contributed by atoms with Crippen molar-refractivity contribution in [1.82, 2.24) is 20.4 Å². The number of ether oxygens (including phenoxy) is 2. The summed E-state index contributed by atoms with van der Waals surface area (Å²) >= 11 is 1.64. The Balaban J connectivity index is 1.56. The van der Waals surface area contributed by atoms with Gasteiger partial charge in [-0.3, -0.25) is 4.68 Å². The maximum atomic E-state index is 12.2. The van der Waals surface area contributed by atoms with Crippen LogP contribution in [0.2, 0.25) is 0 Å². The van der Waals surface area contributed by atoms with E-state index in [4.69, 9.17) is 9.47 Å². The molecule has 1 atom stereocenters. The fraction of sp³-hybridized carbons (Fsp3) is 0.263. The number of benzene rings is 1. The minimum absolute atomic E-state index is 0.0353. The highest BCUT2D eigenvalue weighted by Crippen LogP contribution is 2.27. The number of nitrogens with zero attached hydrogens (tertiary/aromatic N) is 2. The lowest BCUT2D eigenvalue weighted by atomic mass is 10.2. The summed E-state index contributed by atoms with van der Waals surface area (Å²) in [6.07, 6.45) is 3.63. The van der Waals surface area contributed by atoms with Gasteiger partial charge in [-0.05, 0) is 35.2 Å². The van der Waals surface area contributed by atoms with Gasteiger partial charge in [0.25, 0.3) is 0 Å². The molecule has 142 valence electrons. The molecule has 0 aliphatic heterocycles. The Hall–Kier alpha value is -3.00. The number of amides is 2. The molecule has 0 spiro atoms. The molecule has 0 saturated heterocycles. The van der Waals surface area contributed by atoms with Crippen molar-refractivity contribution in [2.24, 2.45) is 0 Å². The first kappa shape index (κ1) is 18.8. The summed E-state index contributed by atoms with van der Waals surface area (Å²) in [5, 5.41) is 12.1. The summed E-state index contributed by atoms with van der Waals surface area (Å²) in [4.78, 5) is 13.4. The maximum absolute atomic E-state index is 12.2. The number of methoxy groups -OCH3 is 2. The molecule has 7 nitrogen and oxygen atoms in total. The molecule has 1 aromatic carbocycles. The van der Waals surface area contributed by atoms with Crippen LogP contribution in [0.15, 0.2) is 54.2 Å². The summed E-state index contributed by atoms with van der Waals surface area (Å²) < 4.78 is 12.4. The SMILES string of the molecule is COc1ccc(CNC(=O)NC[C@H](c2cccs2)n2cccn2)cc1OC. The molecule has 3 rings (SSSR count).